The summed E-state index contributed by atoms with van der Waals surface area (Å²) in [7, 11) is 0. The summed E-state index contributed by atoms with van der Waals surface area (Å²) >= 11 is 6.88. The van der Waals surface area contributed by atoms with Gasteiger partial charge in [-0.25, -0.2) is 0 Å². The van der Waals surface area contributed by atoms with Crippen LogP contribution < -0.4 is 4.90 Å². The summed E-state index contributed by atoms with van der Waals surface area (Å²) in [5, 5.41) is 0.887. The van der Waals surface area contributed by atoms with Crippen LogP contribution in [-0.4, -0.2) is 12.3 Å². The number of aliphatic imine (C=N–C) groups is 1. The lowest BCUT2D eigenvalue weighted by Gasteiger charge is -2.26. The zero-order valence-electron chi connectivity index (χ0n) is 20.8. The van der Waals surface area contributed by atoms with E-state index in [9.17, 15) is 0 Å². The molecule has 0 radical (unpaired) electrons. The first kappa shape index (κ1) is 22.9. The lowest BCUT2D eigenvalue weighted by molar-refractivity contribution is 0.634. The van der Waals surface area contributed by atoms with Crippen LogP contribution in [0, 0.1) is 0 Å². The fourth-order valence-electron chi connectivity index (χ4n) is 5.60. The van der Waals surface area contributed by atoms with Crippen LogP contribution in [0.25, 0.3) is 0 Å². The molecular formula is C31H33ClN2. The highest BCUT2D eigenvalue weighted by Crippen LogP contribution is 2.48. The molecule has 3 heteroatoms. The maximum absolute atomic E-state index is 6.88. The van der Waals surface area contributed by atoms with E-state index in [0.29, 0.717) is 0 Å². The molecule has 2 aliphatic heterocycles. The fraction of sp³-hybridized carbons (Fsp3) is 0.323. The van der Waals surface area contributed by atoms with Gasteiger partial charge in [-0.1, -0.05) is 87.8 Å². The van der Waals surface area contributed by atoms with Crippen molar-refractivity contribution in [2.45, 2.75) is 58.3 Å². The quantitative estimate of drug-likeness (QED) is 0.439. The minimum absolute atomic E-state index is 0.0254. The van der Waals surface area contributed by atoms with Gasteiger partial charge >= 0.3 is 0 Å². The number of allylic oxidation sites excluding steroid dienone is 8. The van der Waals surface area contributed by atoms with E-state index in [0.717, 1.165) is 35.8 Å². The molecule has 0 amide bonds. The Morgan fingerprint density at radius 3 is 2.32 bits per heavy atom. The fourth-order valence-corrected chi connectivity index (χ4v) is 5.92. The van der Waals surface area contributed by atoms with Gasteiger partial charge in [0.05, 0.1) is 11.4 Å². The van der Waals surface area contributed by atoms with Crippen molar-refractivity contribution < 1.29 is 0 Å². The summed E-state index contributed by atoms with van der Waals surface area (Å²) < 4.78 is 0. The molecule has 2 aromatic carbocycles. The molecule has 1 aliphatic carbocycles. The Labute approximate surface area is 209 Å². The van der Waals surface area contributed by atoms with E-state index in [1.807, 2.05) is 0 Å². The smallest absolute Gasteiger partial charge is 0.0674 e. The summed E-state index contributed by atoms with van der Waals surface area (Å²) in [5.74, 6) is 0. The summed E-state index contributed by atoms with van der Waals surface area (Å²) in [6, 6.07) is 17.2. The number of para-hydroxylation sites is 2. The van der Waals surface area contributed by atoms with Crippen LogP contribution in [-0.2, 0) is 10.8 Å². The number of benzene rings is 2. The van der Waals surface area contributed by atoms with Crippen LogP contribution in [0.5, 0.6) is 0 Å². The predicted octanol–water partition coefficient (Wildman–Crippen LogP) is 8.52. The van der Waals surface area contributed by atoms with Crippen molar-refractivity contribution in [1.82, 2.24) is 0 Å². The van der Waals surface area contributed by atoms with Crippen molar-refractivity contribution in [1.29, 1.82) is 0 Å². The van der Waals surface area contributed by atoms with E-state index < -0.39 is 0 Å². The van der Waals surface area contributed by atoms with Gasteiger partial charge in [0.15, 0.2) is 0 Å². The Morgan fingerprint density at radius 2 is 1.59 bits per heavy atom. The number of nitrogens with zero attached hydrogens (tertiary/aromatic N) is 2. The molecule has 174 valence electrons. The van der Waals surface area contributed by atoms with Crippen molar-refractivity contribution in [3.05, 3.63) is 106 Å². The molecule has 34 heavy (non-hydrogen) atoms. The number of rotatable bonds is 4. The Bertz CT molecular complexity index is 1300. The van der Waals surface area contributed by atoms with E-state index in [4.69, 9.17) is 16.6 Å². The van der Waals surface area contributed by atoms with Gasteiger partial charge in [-0.05, 0) is 66.3 Å². The second-order valence-corrected chi connectivity index (χ2v) is 10.8. The molecule has 0 atom stereocenters. The first-order valence-electron chi connectivity index (χ1n) is 12.3. The van der Waals surface area contributed by atoms with Gasteiger partial charge < -0.3 is 4.90 Å². The largest absolute Gasteiger partial charge is 0.344 e. The van der Waals surface area contributed by atoms with E-state index in [1.165, 1.54) is 33.7 Å². The second kappa shape index (κ2) is 8.43. The molecule has 2 nitrogen and oxygen atoms in total. The molecule has 2 heterocycles. The lowest BCUT2D eigenvalue weighted by atomic mass is 9.81. The van der Waals surface area contributed by atoms with Gasteiger partial charge in [0.1, 0.15) is 0 Å². The molecule has 5 rings (SSSR count). The second-order valence-electron chi connectivity index (χ2n) is 10.4. The minimum atomic E-state index is -0.0888. The van der Waals surface area contributed by atoms with Crippen molar-refractivity contribution in [2.75, 3.05) is 11.4 Å². The summed E-state index contributed by atoms with van der Waals surface area (Å²) in [6.07, 6.45) is 10.8. The molecule has 0 unspecified atom stereocenters. The van der Waals surface area contributed by atoms with Crippen LogP contribution in [0.4, 0.5) is 11.4 Å². The molecule has 0 spiro atoms. The van der Waals surface area contributed by atoms with Gasteiger partial charge in [0.2, 0.25) is 0 Å². The zero-order chi connectivity index (χ0) is 24.1. The number of hydrogen-bond acceptors (Lipinski definition) is 2. The Kier molecular flexibility index (Phi) is 5.68. The maximum Gasteiger partial charge on any atom is 0.0674 e. The maximum atomic E-state index is 6.88. The van der Waals surface area contributed by atoms with E-state index in [-0.39, 0.29) is 10.8 Å². The molecule has 2 aromatic rings. The van der Waals surface area contributed by atoms with Crippen molar-refractivity contribution >= 4 is 28.7 Å². The third-order valence-corrected chi connectivity index (χ3v) is 8.17. The molecular weight excluding hydrogens is 436 g/mol. The molecule has 0 saturated heterocycles. The Balaban J connectivity index is 1.41. The number of hydrogen-bond donors (Lipinski definition) is 0. The van der Waals surface area contributed by atoms with Gasteiger partial charge in [-0.3, -0.25) is 4.99 Å². The van der Waals surface area contributed by atoms with Crippen molar-refractivity contribution in [3.63, 3.8) is 0 Å². The molecule has 0 fully saturated rings. The summed E-state index contributed by atoms with van der Waals surface area (Å²) in [4.78, 5) is 7.31. The van der Waals surface area contributed by atoms with Gasteiger partial charge in [0, 0.05) is 33.8 Å². The van der Waals surface area contributed by atoms with Crippen molar-refractivity contribution in [2.24, 2.45) is 4.99 Å². The third-order valence-electron chi connectivity index (χ3n) is 7.69. The topological polar surface area (TPSA) is 15.6 Å². The third kappa shape index (κ3) is 3.60. The predicted molar refractivity (Wildman–Crippen MR) is 146 cm³/mol. The molecule has 0 aromatic heterocycles. The first-order chi connectivity index (χ1) is 16.2. The van der Waals surface area contributed by atoms with E-state index in [2.05, 4.69) is 112 Å². The van der Waals surface area contributed by atoms with Gasteiger partial charge in [-0.2, -0.15) is 0 Å². The van der Waals surface area contributed by atoms with Crippen molar-refractivity contribution in [3.8, 4) is 0 Å². The summed E-state index contributed by atoms with van der Waals surface area (Å²) in [6.45, 7) is 12.3. The van der Waals surface area contributed by atoms with Crippen LogP contribution in [0.2, 0.25) is 0 Å². The average Bonchev–Trinajstić information content (AvgIpc) is 3.38. The highest BCUT2D eigenvalue weighted by atomic mass is 35.5. The zero-order valence-corrected chi connectivity index (χ0v) is 21.6. The number of halogens is 1. The summed E-state index contributed by atoms with van der Waals surface area (Å²) in [5.41, 5.74) is 9.79. The highest BCUT2D eigenvalue weighted by molar-refractivity contribution is 6.33. The van der Waals surface area contributed by atoms with Crippen LogP contribution in [0.3, 0.4) is 0 Å². The number of anilines is 1. The standard InChI is InChI=1S/C31H33ClN2/c1-6-34-26-14-10-8-12-24(26)31(4,5)28(34)20-18-22-16-15-21(29(22)32)17-19-27-30(2,3)23-11-7-9-13-25(23)33-27/h7-14,17-20H,6,15-16H2,1-5H3/b19-17+,22-18+,28-20+. The Morgan fingerprint density at radius 1 is 0.882 bits per heavy atom. The number of fused-ring (bicyclic) bond motifs is 2. The first-order valence-corrected chi connectivity index (χ1v) is 12.7. The highest BCUT2D eigenvalue weighted by Gasteiger charge is 2.39. The van der Waals surface area contributed by atoms with Gasteiger partial charge in [-0.15, -0.1) is 0 Å². The van der Waals surface area contributed by atoms with Crippen LogP contribution in [0.1, 0.15) is 58.6 Å². The van der Waals surface area contributed by atoms with Crippen LogP contribution in [0.15, 0.2) is 99.7 Å². The van der Waals surface area contributed by atoms with E-state index in [1.54, 1.807) is 0 Å². The SMILES string of the molecule is CCN1/C(=C/C=C2\CCC(/C=C/C3=Nc4ccccc4C3(C)C)=C2Cl)C(C)(C)c2ccccc21. The molecule has 3 aliphatic rings. The minimum Gasteiger partial charge on any atom is -0.344 e. The average molecular weight is 469 g/mol. The molecule has 0 bridgehead atoms. The normalized spacial score (nSPS) is 22.8. The molecule has 0 saturated carbocycles. The van der Waals surface area contributed by atoms with E-state index >= 15 is 0 Å². The lowest BCUT2D eigenvalue weighted by Crippen LogP contribution is -2.25. The van der Waals surface area contributed by atoms with Gasteiger partial charge in [0.25, 0.3) is 0 Å². The Hall–Kier alpha value is -2.84. The monoisotopic (exact) mass is 468 g/mol. The molecule has 0 N–H and O–H groups in total. The van der Waals surface area contributed by atoms with Crippen LogP contribution >= 0.6 is 11.6 Å². The number of likely N-dealkylation sites (N-methyl/N-ethyl adjacent to an activating group) is 1.